The van der Waals surface area contributed by atoms with Gasteiger partial charge in [0.2, 0.25) is 0 Å². The quantitative estimate of drug-likeness (QED) is 0.0308. The molecule has 11 heteroatoms. The standard InChI is InChI=1S/C44H81NO10/c1-6-10-14-16-25-36(23-12-8-3)33-44(55-43(52)30-21-19-28-40(48)49,34-37(24-13-9-4)26-17-15-11-7-2)38(54-42(51)31-22-32-45-5)35-53-41(50)29-20-18-27-39(46)47/h36-38,45H,6-35H2,1-5H3,(H,46,47)(H,48,49). The zero-order valence-electron chi connectivity index (χ0n) is 35.6. The second kappa shape index (κ2) is 34.5. The number of ether oxygens (including phenoxy) is 3. The summed E-state index contributed by atoms with van der Waals surface area (Å²) in [6.07, 6.45) is 18.6. The highest BCUT2D eigenvalue weighted by Crippen LogP contribution is 2.41. The second-order valence-electron chi connectivity index (χ2n) is 15.7. The zero-order chi connectivity index (χ0) is 41.2. The van der Waals surface area contributed by atoms with Gasteiger partial charge in [-0.15, -0.1) is 0 Å². The SMILES string of the molecule is CCCCCCC(CCCC)CC(CC(CCCC)CCCCCC)(OC(=O)CCCCC(=O)O)C(COC(=O)CCCCC(=O)O)OC(=O)CCCNC. The fraction of sp³-hybridized carbons (Fsp3) is 0.886. The summed E-state index contributed by atoms with van der Waals surface area (Å²) in [6.45, 7) is 9.07. The van der Waals surface area contributed by atoms with Gasteiger partial charge in [0.05, 0.1) is 0 Å². The first kappa shape index (κ1) is 52.3. The highest BCUT2D eigenvalue weighted by molar-refractivity contribution is 5.72. The lowest BCUT2D eigenvalue weighted by molar-refractivity contribution is -0.203. The lowest BCUT2D eigenvalue weighted by atomic mass is 9.74. The fourth-order valence-corrected chi connectivity index (χ4v) is 7.40. The number of carbonyl (C=O) groups excluding carboxylic acids is 3. The van der Waals surface area contributed by atoms with E-state index in [4.69, 9.17) is 19.3 Å². The largest absolute Gasteiger partial charge is 0.481 e. The predicted molar refractivity (Wildman–Crippen MR) is 218 cm³/mol. The average molecular weight is 784 g/mol. The van der Waals surface area contributed by atoms with Gasteiger partial charge in [0.1, 0.15) is 6.61 Å². The molecule has 3 N–H and O–H groups in total. The second-order valence-corrected chi connectivity index (χ2v) is 15.7. The van der Waals surface area contributed by atoms with Crippen LogP contribution in [0.3, 0.4) is 0 Å². The number of hydrogen-bond acceptors (Lipinski definition) is 9. The minimum atomic E-state index is -1.27. The molecule has 0 saturated heterocycles. The summed E-state index contributed by atoms with van der Waals surface area (Å²) in [5.41, 5.74) is -1.27. The van der Waals surface area contributed by atoms with E-state index in [1.807, 2.05) is 7.05 Å². The van der Waals surface area contributed by atoms with Crippen LogP contribution in [0.1, 0.15) is 207 Å². The molecule has 0 aliphatic heterocycles. The van der Waals surface area contributed by atoms with Gasteiger partial charge in [0.25, 0.3) is 0 Å². The Hall–Kier alpha value is -2.69. The molecule has 0 aromatic heterocycles. The number of esters is 3. The van der Waals surface area contributed by atoms with E-state index in [9.17, 15) is 29.1 Å². The van der Waals surface area contributed by atoms with E-state index in [1.54, 1.807) is 0 Å². The van der Waals surface area contributed by atoms with Crippen LogP contribution < -0.4 is 5.32 Å². The van der Waals surface area contributed by atoms with Crippen LogP contribution in [-0.4, -0.2) is 72.0 Å². The molecule has 0 aromatic carbocycles. The fourth-order valence-electron chi connectivity index (χ4n) is 7.40. The summed E-state index contributed by atoms with van der Waals surface area (Å²) in [5.74, 6) is -2.89. The summed E-state index contributed by atoms with van der Waals surface area (Å²) in [4.78, 5) is 63.0. The molecule has 3 atom stereocenters. The van der Waals surface area contributed by atoms with Gasteiger partial charge in [-0.05, 0) is 70.4 Å². The average Bonchev–Trinajstić information content (AvgIpc) is 3.14. The maximum atomic E-state index is 14.0. The summed E-state index contributed by atoms with van der Waals surface area (Å²) in [7, 11) is 1.82. The first-order valence-electron chi connectivity index (χ1n) is 22.1. The number of rotatable bonds is 39. The number of unbranched alkanes of at least 4 members (excludes halogenated alkanes) is 10. The van der Waals surface area contributed by atoms with Crippen LogP contribution in [0.2, 0.25) is 0 Å². The molecule has 0 fully saturated rings. The van der Waals surface area contributed by atoms with Crippen molar-refractivity contribution >= 4 is 29.8 Å². The number of aliphatic carboxylic acids is 2. The third-order valence-corrected chi connectivity index (χ3v) is 10.6. The summed E-state index contributed by atoms with van der Waals surface area (Å²) in [5, 5.41) is 21.3. The van der Waals surface area contributed by atoms with Crippen LogP contribution in [0, 0.1) is 11.8 Å². The van der Waals surface area contributed by atoms with Gasteiger partial charge in [0, 0.05) is 32.1 Å². The van der Waals surface area contributed by atoms with Crippen LogP contribution in [0.15, 0.2) is 0 Å². The van der Waals surface area contributed by atoms with E-state index in [0.29, 0.717) is 51.5 Å². The molecule has 0 radical (unpaired) electrons. The maximum Gasteiger partial charge on any atom is 0.306 e. The van der Waals surface area contributed by atoms with Gasteiger partial charge < -0.3 is 29.7 Å². The Bertz CT molecular complexity index is 993. The van der Waals surface area contributed by atoms with Crippen molar-refractivity contribution in [1.29, 1.82) is 0 Å². The summed E-state index contributed by atoms with van der Waals surface area (Å²) < 4.78 is 19.0. The third-order valence-electron chi connectivity index (χ3n) is 10.6. The van der Waals surface area contributed by atoms with Gasteiger partial charge >= 0.3 is 29.8 Å². The molecule has 0 aliphatic carbocycles. The Balaban J connectivity index is 7.20. The highest BCUT2D eigenvalue weighted by atomic mass is 16.6. The minimum Gasteiger partial charge on any atom is -0.481 e. The van der Waals surface area contributed by atoms with E-state index < -0.39 is 41.6 Å². The normalized spacial score (nSPS) is 14.1. The Morgan fingerprint density at radius 2 is 0.964 bits per heavy atom. The molecule has 0 spiro atoms. The number of carboxylic acid groups (broad SMARTS) is 2. The van der Waals surface area contributed by atoms with Crippen molar-refractivity contribution in [2.75, 3.05) is 20.2 Å². The molecule has 322 valence electrons. The minimum absolute atomic E-state index is 0.0274. The topological polar surface area (TPSA) is 166 Å². The molecule has 11 nitrogen and oxygen atoms in total. The first-order valence-corrected chi connectivity index (χ1v) is 22.1. The van der Waals surface area contributed by atoms with Crippen molar-refractivity contribution in [3.8, 4) is 0 Å². The van der Waals surface area contributed by atoms with E-state index in [0.717, 1.165) is 103 Å². The molecule has 0 aromatic rings. The van der Waals surface area contributed by atoms with Gasteiger partial charge in [-0.3, -0.25) is 24.0 Å². The zero-order valence-corrected chi connectivity index (χ0v) is 35.6. The van der Waals surface area contributed by atoms with Crippen LogP contribution in [0.5, 0.6) is 0 Å². The van der Waals surface area contributed by atoms with Crippen molar-refractivity contribution in [3.63, 3.8) is 0 Å². The lowest BCUT2D eigenvalue weighted by Gasteiger charge is -2.43. The number of carboxylic acids is 2. The van der Waals surface area contributed by atoms with E-state index in [1.165, 1.54) is 0 Å². The third kappa shape index (κ3) is 28.4. The molecule has 0 heterocycles. The molecule has 0 rings (SSSR count). The summed E-state index contributed by atoms with van der Waals surface area (Å²) in [6, 6.07) is 0. The molecule has 55 heavy (non-hydrogen) atoms. The van der Waals surface area contributed by atoms with Crippen LogP contribution >= 0.6 is 0 Å². The van der Waals surface area contributed by atoms with Gasteiger partial charge in [0.15, 0.2) is 11.7 Å². The van der Waals surface area contributed by atoms with E-state index in [2.05, 4.69) is 33.0 Å². The van der Waals surface area contributed by atoms with E-state index >= 15 is 0 Å². The molecular formula is C44H81NO10. The van der Waals surface area contributed by atoms with Crippen LogP contribution in [0.4, 0.5) is 0 Å². The van der Waals surface area contributed by atoms with Crippen molar-refractivity contribution < 1.29 is 48.4 Å². The summed E-state index contributed by atoms with van der Waals surface area (Å²) >= 11 is 0. The highest BCUT2D eigenvalue weighted by Gasteiger charge is 2.48. The molecule has 0 amide bonds. The Morgan fingerprint density at radius 3 is 1.42 bits per heavy atom. The Morgan fingerprint density at radius 1 is 0.527 bits per heavy atom. The van der Waals surface area contributed by atoms with Gasteiger partial charge in [-0.1, -0.05) is 130 Å². The molecule has 3 unspecified atom stereocenters. The smallest absolute Gasteiger partial charge is 0.306 e. The predicted octanol–water partition coefficient (Wildman–Crippen LogP) is 10.3. The van der Waals surface area contributed by atoms with Crippen molar-refractivity contribution in [1.82, 2.24) is 5.32 Å². The molecular weight excluding hydrogens is 702 g/mol. The monoisotopic (exact) mass is 784 g/mol. The number of nitrogens with one attached hydrogen (secondary N) is 1. The molecule has 0 aliphatic rings. The van der Waals surface area contributed by atoms with Gasteiger partial charge in [-0.25, -0.2) is 0 Å². The molecule has 0 bridgehead atoms. The van der Waals surface area contributed by atoms with Crippen molar-refractivity contribution in [2.45, 2.75) is 219 Å². The maximum absolute atomic E-state index is 14.0. The Labute approximate surface area is 334 Å². The molecule has 0 saturated carbocycles. The van der Waals surface area contributed by atoms with Gasteiger partial charge in [-0.2, -0.15) is 0 Å². The van der Waals surface area contributed by atoms with Crippen LogP contribution in [0.25, 0.3) is 0 Å². The number of carbonyl (C=O) groups is 5. The first-order chi connectivity index (χ1) is 26.5. The van der Waals surface area contributed by atoms with E-state index in [-0.39, 0.29) is 50.5 Å². The Kier molecular flexibility index (Phi) is 32.9. The van der Waals surface area contributed by atoms with Crippen molar-refractivity contribution in [2.24, 2.45) is 11.8 Å². The van der Waals surface area contributed by atoms with Crippen LogP contribution in [-0.2, 0) is 38.2 Å². The number of hydrogen-bond donors (Lipinski definition) is 3. The lowest BCUT2D eigenvalue weighted by Crippen LogP contribution is -2.53. The van der Waals surface area contributed by atoms with Crippen molar-refractivity contribution in [3.05, 3.63) is 0 Å².